The largest absolute Gasteiger partial charge is 0.457 e. The third kappa shape index (κ3) is 4.26. The predicted molar refractivity (Wildman–Crippen MR) is 134 cm³/mol. The molecule has 3 heterocycles. The lowest BCUT2D eigenvalue weighted by Crippen LogP contribution is -2.38. The van der Waals surface area contributed by atoms with Gasteiger partial charge in [-0.15, -0.1) is 0 Å². The fraction of sp³-hybridized carbons (Fsp3) is 0.200. The number of rotatable bonds is 6. The van der Waals surface area contributed by atoms with Crippen molar-refractivity contribution in [3.63, 3.8) is 0 Å². The van der Waals surface area contributed by atoms with E-state index in [1.54, 1.807) is 0 Å². The fourth-order valence-corrected chi connectivity index (χ4v) is 4.54. The second-order valence-electron chi connectivity index (χ2n) is 8.13. The molecule has 0 aliphatic carbocycles. The zero-order valence-electron chi connectivity index (χ0n) is 18.4. The average Bonchev–Trinajstić information content (AvgIpc) is 3.46. The number of fused-ring (bicyclic) bond motifs is 1. The van der Waals surface area contributed by atoms with Crippen LogP contribution in [0.2, 0.25) is 0 Å². The van der Waals surface area contributed by atoms with Gasteiger partial charge in [0.05, 0.1) is 22.5 Å². The molecule has 0 unspecified atom stereocenters. The molecule has 5 rings (SSSR count). The van der Waals surface area contributed by atoms with Gasteiger partial charge in [-0.1, -0.05) is 24.8 Å². The van der Waals surface area contributed by atoms with Crippen LogP contribution >= 0.6 is 15.9 Å². The van der Waals surface area contributed by atoms with E-state index < -0.39 is 0 Å². The zero-order valence-corrected chi connectivity index (χ0v) is 20.0. The molecule has 2 aromatic heterocycles. The number of hydrogen-bond acceptors (Lipinski definition) is 6. The molecule has 8 nitrogen and oxygen atoms in total. The van der Waals surface area contributed by atoms with Crippen LogP contribution in [0.4, 0.5) is 5.82 Å². The molecule has 1 fully saturated rings. The zero-order chi connectivity index (χ0) is 23.7. The summed E-state index contributed by atoms with van der Waals surface area (Å²) in [5.74, 6) is 1.76. The SMILES string of the molecule is C=C(Br)C(=O)N1CCC[C@H]1Cn1nc(-c2ccc(Oc3ccccc3)cc2)c2c(N)ncnc21. The Morgan fingerprint density at radius 2 is 1.85 bits per heavy atom. The smallest absolute Gasteiger partial charge is 0.260 e. The van der Waals surface area contributed by atoms with Gasteiger partial charge in [-0.2, -0.15) is 5.10 Å². The third-order valence-electron chi connectivity index (χ3n) is 5.92. The maximum absolute atomic E-state index is 12.5. The highest BCUT2D eigenvalue weighted by Crippen LogP contribution is 2.33. The molecule has 0 spiro atoms. The Kier molecular flexibility index (Phi) is 6.02. The lowest BCUT2D eigenvalue weighted by Gasteiger charge is -2.24. The van der Waals surface area contributed by atoms with E-state index in [1.807, 2.05) is 64.2 Å². The molecular formula is C25H23BrN6O2. The Morgan fingerprint density at radius 1 is 1.12 bits per heavy atom. The summed E-state index contributed by atoms with van der Waals surface area (Å²) in [5, 5.41) is 5.55. The number of ether oxygens (including phenoxy) is 1. The van der Waals surface area contributed by atoms with Crippen LogP contribution in [-0.4, -0.2) is 43.1 Å². The number of nitrogens with zero attached hydrogens (tertiary/aromatic N) is 5. The van der Waals surface area contributed by atoms with Crippen molar-refractivity contribution in [3.8, 4) is 22.8 Å². The number of halogens is 1. The first kappa shape index (κ1) is 22.1. The standard InChI is InChI=1S/C25H23BrN6O2/c1-16(26)25(33)31-13-5-6-18(31)14-32-24-21(23(27)28-15-29-24)22(30-32)17-9-11-20(12-10-17)34-19-7-3-2-4-8-19/h2-4,7-12,15,18H,1,5-6,13-14H2,(H2,27,28,29)/t18-/m0/s1. The molecule has 1 amide bonds. The monoisotopic (exact) mass is 518 g/mol. The Labute approximate surface area is 205 Å². The van der Waals surface area contributed by atoms with Gasteiger partial charge in [-0.05, 0) is 65.2 Å². The first-order chi connectivity index (χ1) is 16.5. The highest BCUT2D eigenvalue weighted by Gasteiger charge is 2.31. The topological polar surface area (TPSA) is 99.2 Å². The number of aromatic nitrogens is 4. The maximum Gasteiger partial charge on any atom is 0.260 e. The number of amides is 1. The van der Waals surface area contributed by atoms with Crippen LogP contribution in [0.25, 0.3) is 22.3 Å². The van der Waals surface area contributed by atoms with Crippen LogP contribution < -0.4 is 10.5 Å². The van der Waals surface area contributed by atoms with Gasteiger partial charge in [0.1, 0.15) is 29.3 Å². The van der Waals surface area contributed by atoms with Gasteiger partial charge in [0.15, 0.2) is 5.65 Å². The Hall–Kier alpha value is -3.72. The maximum atomic E-state index is 12.5. The van der Waals surface area contributed by atoms with Crippen LogP contribution in [0.3, 0.4) is 0 Å². The van der Waals surface area contributed by atoms with Crippen molar-refractivity contribution in [2.45, 2.75) is 25.4 Å². The van der Waals surface area contributed by atoms with Crippen molar-refractivity contribution < 1.29 is 9.53 Å². The molecule has 34 heavy (non-hydrogen) atoms. The molecule has 172 valence electrons. The van der Waals surface area contributed by atoms with Gasteiger partial charge in [0.2, 0.25) is 0 Å². The van der Waals surface area contributed by atoms with Gasteiger partial charge < -0.3 is 15.4 Å². The number of nitrogen functional groups attached to an aromatic ring is 1. The number of benzene rings is 2. The summed E-state index contributed by atoms with van der Waals surface area (Å²) in [4.78, 5) is 23.0. The van der Waals surface area contributed by atoms with Crippen LogP contribution in [0.5, 0.6) is 11.5 Å². The summed E-state index contributed by atoms with van der Waals surface area (Å²) < 4.78 is 8.08. The van der Waals surface area contributed by atoms with Crippen LogP contribution in [-0.2, 0) is 11.3 Å². The van der Waals surface area contributed by atoms with Crippen molar-refractivity contribution in [2.75, 3.05) is 12.3 Å². The predicted octanol–water partition coefficient (Wildman–Crippen LogP) is 4.77. The molecule has 1 atom stereocenters. The van der Waals surface area contributed by atoms with E-state index in [0.717, 1.165) is 29.9 Å². The highest BCUT2D eigenvalue weighted by atomic mass is 79.9. The Morgan fingerprint density at radius 3 is 2.59 bits per heavy atom. The van der Waals surface area contributed by atoms with Gasteiger partial charge in [0, 0.05) is 12.1 Å². The first-order valence-electron chi connectivity index (χ1n) is 11.0. The van der Waals surface area contributed by atoms with E-state index in [0.29, 0.717) is 40.1 Å². The summed E-state index contributed by atoms with van der Waals surface area (Å²) in [6.45, 7) is 4.94. The minimum Gasteiger partial charge on any atom is -0.457 e. The summed E-state index contributed by atoms with van der Waals surface area (Å²) in [6, 6.07) is 17.3. The second-order valence-corrected chi connectivity index (χ2v) is 9.08. The molecule has 2 N–H and O–H groups in total. The van der Waals surface area contributed by atoms with Crippen molar-refractivity contribution in [1.29, 1.82) is 0 Å². The summed E-state index contributed by atoms with van der Waals surface area (Å²) in [7, 11) is 0. The molecule has 1 aliphatic heterocycles. The van der Waals surface area contributed by atoms with E-state index in [9.17, 15) is 4.79 Å². The second kappa shape index (κ2) is 9.26. The molecule has 0 saturated carbocycles. The number of carbonyl (C=O) groups is 1. The first-order valence-corrected chi connectivity index (χ1v) is 11.8. The van der Waals surface area contributed by atoms with Gasteiger partial charge in [0.25, 0.3) is 5.91 Å². The normalized spacial score (nSPS) is 15.6. The Bertz CT molecular complexity index is 1350. The molecule has 0 bridgehead atoms. The molecule has 4 aromatic rings. The number of anilines is 1. The number of para-hydroxylation sites is 1. The molecule has 1 aliphatic rings. The van der Waals surface area contributed by atoms with Crippen molar-refractivity contribution in [1.82, 2.24) is 24.6 Å². The van der Waals surface area contributed by atoms with Crippen LogP contribution in [0.1, 0.15) is 12.8 Å². The molecule has 2 aromatic carbocycles. The van der Waals surface area contributed by atoms with Crippen molar-refractivity contribution in [3.05, 3.63) is 72.0 Å². The molecule has 1 saturated heterocycles. The van der Waals surface area contributed by atoms with Gasteiger partial charge in [-0.25, -0.2) is 14.6 Å². The highest BCUT2D eigenvalue weighted by molar-refractivity contribution is 9.12. The lowest BCUT2D eigenvalue weighted by atomic mass is 10.1. The Balaban J connectivity index is 1.47. The van der Waals surface area contributed by atoms with E-state index >= 15 is 0 Å². The third-order valence-corrected chi connectivity index (χ3v) is 6.26. The summed E-state index contributed by atoms with van der Waals surface area (Å²) in [5.41, 5.74) is 8.46. The summed E-state index contributed by atoms with van der Waals surface area (Å²) in [6.07, 6.45) is 3.26. The molecular weight excluding hydrogens is 496 g/mol. The van der Waals surface area contributed by atoms with Gasteiger partial charge in [-0.3, -0.25) is 4.79 Å². The fourth-order valence-electron chi connectivity index (χ4n) is 4.31. The van der Waals surface area contributed by atoms with Crippen molar-refractivity contribution in [2.24, 2.45) is 0 Å². The van der Waals surface area contributed by atoms with E-state index in [-0.39, 0.29) is 11.9 Å². The number of likely N-dealkylation sites (tertiary alicyclic amines) is 1. The number of nitrogens with two attached hydrogens (primary N) is 1. The number of carbonyl (C=O) groups excluding carboxylic acids is 1. The summed E-state index contributed by atoms with van der Waals surface area (Å²) >= 11 is 3.22. The lowest BCUT2D eigenvalue weighted by molar-refractivity contribution is -0.127. The molecule has 9 heteroatoms. The van der Waals surface area contributed by atoms with E-state index in [4.69, 9.17) is 15.6 Å². The van der Waals surface area contributed by atoms with Crippen molar-refractivity contribution >= 4 is 38.7 Å². The minimum atomic E-state index is -0.0951. The van der Waals surface area contributed by atoms with E-state index in [2.05, 4.69) is 32.5 Å². The number of hydrogen-bond donors (Lipinski definition) is 1. The van der Waals surface area contributed by atoms with Crippen LogP contribution in [0, 0.1) is 0 Å². The minimum absolute atomic E-state index is 0.00408. The quantitative estimate of drug-likeness (QED) is 0.369. The van der Waals surface area contributed by atoms with Crippen LogP contribution in [0.15, 0.2) is 72.0 Å². The van der Waals surface area contributed by atoms with Gasteiger partial charge >= 0.3 is 0 Å². The average molecular weight is 519 g/mol. The van der Waals surface area contributed by atoms with E-state index in [1.165, 1.54) is 6.33 Å². The molecule has 0 radical (unpaired) electrons.